The Morgan fingerprint density at radius 3 is 1.47 bits per heavy atom. The molecule has 1 fully saturated rings. The summed E-state index contributed by atoms with van der Waals surface area (Å²) in [6.45, 7) is 28.5. The second kappa shape index (κ2) is 25.9. The molecule has 57 heavy (non-hydrogen) atoms. The molecule has 0 aliphatic heterocycles. The van der Waals surface area contributed by atoms with Gasteiger partial charge < -0.3 is 0 Å². The largest absolute Gasteiger partial charge is 0.0991 e. The van der Waals surface area contributed by atoms with Gasteiger partial charge in [0.15, 0.2) is 0 Å². The molecule has 8 rings (SSSR count). The molecule has 1 atom stereocenters. The molecule has 0 amide bonds. The SMILES string of the molecule is C1CCC1.C=C/C=C(C)\C=C/C.CC.CC.CC.Cc1ccc2c(c1)C(C)(c1ccccc1-c1ccccc1C)c1ccccc1-2.Cc1ccc2ccccc2c1. The molecule has 0 heterocycles. The lowest BCUT2D eigenvalue weighted by molar-refractivity contribution is 0.504. The van der Waals surface area contributed by atoms with Crippen molar-refractivity contribution in [2.45, 2.75) is 114 Å². The fourth-order valence-electron chi connectivity index (χ4n) is 6.99. The minimum Gasteiger partial charge on any atom is -0.0991 e. The lowest BCUT2D eigenvalue weighted by Gasteiger charge is -2.31. The molecule has 0 saturated heterocycles. The molecule has 2 aliphatic carbocycles. The van der Waals surface area contributed by atoms with E-state index in [1.807, 2.05) is 73.6 Å². The highest BCUT2D eigenvalue weighted by Crippen LogP contribution is 2.54. The Morgan fingerprint density at radius 2 is 0.947 bits per heavy atom. The first kappa shape index (κ1) is 48.0. The Morgan fingerprint density at radius 1 is 0.509 bits per heavy atom. The zero-order valence-corrected chi connectivity index (χ0v) is 37.5. The lowest BCUT2D eigenvalue weighted by Crippen LogP contribution is -2.23. The van der Waals surface area contributed by atoms with Crippen molar-refractivity contribution in [3.05, 3.63) is 203 Å². The first-order valence-corrected chi connectivity index (χ1v) is 21.5. The van der Waals surface area contributed by atoms with Crippen LogP contribution < -0.4 is 0 Å². The van der Waals surface area contributed by atoms with Gasteiger partial charge in [-0.15, -0.1) is 0 Å². The quantitative estimate of drug-likeness (QED) is 0.157. The van der Waals surface area contributed by atoms with E-state index in [2.05, 4.69) is 168 Å². The molecule has 6 aromatic rings. The molecule has 0 heteroatoms. The summed E-state index contributed by atoms with van der Waals surface area (Å²) in [5.74, 6) is 0. The third-order valence-corrected chi connectivity index (χ3v) is 10.1. The summed E-state index contributed by atoms with van der Waals surface area (Å²) in [5.41, 5.74) is 14.6. The first-order valence-electron chi connectivity index (χ1n) is 21.5. The summed E-state index contributed by atoms with van der Waals surface area (Å²) < 4.78 is 0. The van der Waals surface area contributed by atoms with Crippen LogP contribution in [0.5, 0.6) is 0 Å². The van der Waals surface area contributed by atoms with Crippen LogP contribution in [0.4, 0.5) is 0 Å². The Bertz CT molecular complexity index is 2130. The van der Waals surface area contributed by atoms with Crippen LogP contribution in [0, 0.1) is 20.8 Å². The van der Waals surface area contributed by atoms with Gasteiger partial charge in [0.05, 0.1) is 0 Å². The standard InChI is InChI=1S/C28H24.C11H10.C8H12.C4H8.3C2H6/c1-19-16-17-24-23-13-7-9-15-26(23)28(3,27(24)18-19)25-14-8-6-12-22(25)21-11-5-4-10-20(21)2;1-9-6-7-10-4-2-3-5-11(10)8-9;1-4-6-8(3)7-5-2;1-2-4-3-1;3*1-2/h4-18H,1-3H3;2-8H,1H3;4-7H,1H2,2-3H3;1-4H2;3*1-2H3/b;;7-5-,8-6-;;;;. The molecule has 300 valence electrons. The van der Waals surface area contributed by atoms with Gasteiger partial charge in [-0.1, -0.05) is 248 Å². The molecular weight excluding hydrogens is 685 g/mol. The van der Waals surface area contributed by atoms with Crippen molar-refractivity contribution in [2.75, 3.05) is 0 Å². The molecule has 2 aliphatic rings. The van der Waals surface area contributed by atoms with E-state index in [9.17, 15) is 0 Å². The van der Waals surface area contributed by atoms with Gasteiger partial charge in [-0.05, 0) is 96.8 Å². The van der Waals surface area contributed by atoms with Gasteiger partial charge in [0.2, 0.25) is 0 Å². The third-order valence-electron chi connectivity index (χ3n) is 10.1. The van der Waals surface area contributed by atoms with E-state index in [-0.39, 0.29) is 5.41 Å². The zero-order chi connectivity index (χ0) is 42.2. The van der Waals surface area contributed by atoms with Gasteiger partial charge in [-0.2, -0.15) is 0 Å². The average molecular weight is 757 g/mol. The van der Waals surface area contributed by atoms with Crippen LogP contribution in [0.3, 0.4) is 0 Å². The summed E-state index contributed by atoms with van der Waals surface area (Å²) >= 11 is 0. The molecule has 1 unspecified atom stereocenters. The molecular formula is C57H72. The Balaban J connectivity index is 0.000000317. The van der Waals surface area contributed by atoms with Crippen LogP contribution in [-0.4, -0.2) is 0 Å². The summed E-state index contributed by atoms with van der Waals surface area (Å²) in [6, 6.07) is 48.4. The minimum atomic E-state index is -0.170. The van der Waals surface area contributed by atoms with Crippen molar-refractivity contribution in [2.24, 2.45) is 0 Å². The minimum absolute atomic E-state index is 0.170. The topological polar surface area (TPSA) is 0 Å². The summed E-state index contributed by atoms with van der Waals surface area (Å²) in [7, 11) is 0. The lowest BCUT2D eigenvalue weighted by atomic mass is 9.71. The van der Waals surface area contributed by atoms with Crippen molar-refractivity contribution < 1.29 is 0 Å². The summed E-state index contributed by atoms with van der Waals surface area (Å²) in [5, 5.41) is 2.64. The molecule has 0 aromatic heterocycles. The highest BCUT2D eigenvalue weighted by molar-refractivity contribution is 5.86. The fraction of sp³-hybridized carbons (Fsp3) is 0.298. The molecule has 0 nitrogen and oxygen atoms in total. The second-order valence-electron chi connectivity index (χ2n) is 14.0. The van der Waals surface area contributed by atoms with Gasteiger partial charge in [0.25, 0.3) is 0 Å². The monoisotopic (exact) mass is 757 g/mol. The van der Waals surface area contributed by atoms with Crippen molar-refractivity contribution in [1.29, 1.82) is 0 Å². The average Bonchev–Trinajstić information content (AvgIpc) is 3.48. The molecule has 6 aromatic carbocycles. The summed E-state index contributed by atoms with van der Waals surface area (Å²) in [4.78, 5) is 0. The van der Waals surface area contributed by atoms with Gasteiger partial charge in [0, 0.05) is 5.41 Å². The van der Waals surface area contributed by atoms with E-state index >= 15 is 0 Å². The van der Waals surface area contributed by atoms with Crippen LogP contribution in [0.2, 0.25) is 0 Å². The van der Waals surface area contributed by atoms with E-state index in [0.29, 0.717) is 0 Å². The number of hydrogen-bond donors (Lipinski definition) is 0. The summed E-state index contributed by atoms with van der Waals surface area (Å²) in [6.07, 6.45) is 13.8. The van der Waals surface area contributed by atoms with Crippen LogP contribution in [0.1, 0.15) is 121 Å². The van der Waals surface area contributed by atoms with Crippen LogP contribution in [-0.2, 0) is 5.41 Å². The Hall–Kier alpha value is -5.20. The highest BCUT2D eigenvalue weighted by Gasteiger charge is 2.41. The molecule has 1 saturated carbocycles. The smallest absolute Gasteiger partial charge is 0.0441 e. The normalized spacial score (nSPS) is 14.2. The van der Waals surface area contributed by atoms with Crippen molar-refractivity contribution in [3.8, 4) is 22.3 Å². The van der Waals surface area contributed by atoms with Gasteiger partial charge in [-0.25, -0.2) is 0 Å². The molecule has 0 bridgehead atoms. The Labute approximate surface area is 349 Å². The second-order valence-corrected chi connectivity index (χ2v) is 14.0. The van der Waals surface area contributed by atoms with Crippen LogP contribution in [0.25, 0.3) is 33.0 Å². The van der Waals surface area contributed by atoms with E-state index in [1.54, 1.807) is 6.08 Å². The zero-order valence-electron chi connectivity index (χ0n) is 37.5. The van der Waals surface area contributed by atoms with E-state index in [0.717, 1.165) is 0 Å². The maximum absolute atomic E-state index is 3.57. The number of hydrogen-bond acceptors (Lipinski definition) is 0. The van der Waals surface area contributed by atoms with Gasteiger partial charge in [-0.3, -0.25) is 0 Å². The highest BCUT2D eigenvalue weighted by atomic mass is 14.4. The van der Waals surface area contributed by atoms with Gasteiger partial charge in [0.1, 0.15) is 0 Å². The maximum Gasteiger partial charge on any atom is 0.0441 e. The fourth-order valence-corrected chi connectivity index (χ4v) is 6.99. The first-order chi connectivity index (χ1) is 27.8. The number of fused-ring (bicyclic) bond motifs is 4. The Kier molecular flexibility index (Phi) is 21.8. The number of rotatable bonds is 4. The number of aryl methyl sites for hydroxylation is 3. The molecule has 0 N–H and O–H groups in total. The van der Waals surface area contributed by atoms with Crippen LogP contribution in [0.15, 0.2) is 170 Å². The maximum atomic E-state index is 3.57. The van der Waals surface area contributed by atoms with Crippen molar-refractivity contribution in [3.63, 3.8) is 0 Å². The van der Waals surface area contributed by atoms with Crippen LogP contribution >= 0.6 is 0 Å². The molecule has 0 radical (unpaired) electrons. The van der Waals surface area contributed by atoms with E-state index in [4.69, 9.17) is 0 Å². The third kappa shape index (κ3) is 12.9. The van der Waals surface area contributed by atoms with Crippen molar-refractivity contribution in [1.82, 2.24) is 0 Å². The van der Waals surface area contributed by atoms with E-state index < -0.39 is 0 Å². The van der Waals surface area contributed by atoms with Gasteiger partial charge >= 0.3 is 0 Å². The van der Waals surface area contributed by atoms with Crippen molar-refractivity contribution >= 4 is 10.8 Å². The predicted molar refractivity (Wildman–Crippen MR) is 259 cm³/mol. The van der Waals surface area contributed by atoms with E-state index in [1.165, 1.54) is 97.7 Å². The predicted octanol–water partition coefficient (Wildman–Crippen LogP) is 17.8. The molecule has 0 spiro atoms. The number of benzene rings is 6. The number of allylic oxidation sites excluding steroid dienone is 5.